The molecule has 2 rings (SSSR count). The lowest BCUT2D eigenvalue weighted by molar-refractivity contribution is 0.229. The second-order valence-electron chi connectivity index (χ2n) is 5.77. The predicted molar refractivity (Wildman–Crippen MR) is 67.7 cm³/mol. The summed E-state index contributed by atoms with van der Waals surface area (Å²) in [6.07, 6.45) is 4.71. The van der Waals surface area contributed by atoms with Crippen molar-refractivity contribution in [3.8, 4) is 5.75 Å². The molecule has 1 saturated carbocycles. The molecule has 1 atom stereocenters. The van der Waals surface area contributed by atoms with Gasteiger partial charge in [0, 0.05) is 17.8 Å². The van der Waals surface area contributed by atoms with Gasteiger partial charge in [0.1, 0.15) is 0 Å². The van der Waals surface area contributed by atoms with Crippen molar-refractivity contribution in [1.29, 1.82) is 0 Å². The van der Waals surface area contributed by atoms with Gasteiger partial charge >= 0.3 is 0 Å². The van der Waals surface area contributed by atoms with E-state index in [9.17, 15) is 4.39 Å². The van der Waals surface area contributed by atoms with Crippen molar-refractivity contribution < 1.29 is 9.50 Å². The highest BCUT2D eigenvalue weighted by Gasteiger charge is 2.27. The monoisotopic (exact) mass is 237 g/mol. The van der Waals surface area contributed by atoms with Crippen molar-refractivity contribution in [1.82, 2.24) is 0 Å². The van der Waals surface area contributed by atoms with E-state index in [0.29, 0.717) is 11.5 Å². The first-order valence-corrected chi connectivity index (χ1v) is 6.21. The lowest BCUT2D eigenvalue weighted by atomic mass is 9.75. The summed E-state index contributed by atoms with van der Waals surface area (Å²) in [4.78, 5) is 0. The van der Waals surface area contributed by atoms with Crippen molar-refractivity contribution in [2.75, 3.05) is 5.32 Å². The van der Waals surface area contributed by atoms with Gasteiger partial charge in [-0.1, -0.05) is 20.3 Å². The fourth-order valence-electron chi connectivity index (χ4n) is 2.65. The van der Waals surface area contributed by atoms with Crippen LogP contribution in [0.1, 0.15) is 39.5 Å². The van der Waals surface area contributed by atoms with Crippen LogP contribution in [0.25, 0.3) is 0 Å². The molecule has 0 spiro atoms. The molecule has 0 radical (unpaired) electrons. The number of benzene rings is 1. The standard InChI is InChI=1S/C14H20FNO/c1-14(2)7-3-4-11(9-14)16-10-5-6-13(17)12(15)8-10/h5-6,8,11,16-17H,3-4,7,9H2,1-2H3. The summed E-state index contributed by atoms with van der Waals surface area (Å²) in [7, 11) is 0. The Morgan fingerprint density at radius 2 is 2.18 bits per heavy atom. The van der Waals surface area contributed by atoms with Crippen LogP contribution in [0.15, 0.2) is 18.2 Å². The van der Waals surface area contributed by atoms with Crippen LogP contribution >= 0.6 is 0 Å². The first-order valence-electron chi connectivity index (χ1n) is 6.21. The highest BCUT2D eigenvalue weighted by atomic mass is 19.1. The summed E-state index contributed by atoms with van der Waals surface area (Å²) in [5.41, 5.74) is 1.12. The number of phenolic OH excluding ortho intramolecular Hbond substituents is 1. The first kappa shape index (κ1) is 12.2. The fraction of sp³-hybridized carbons (Fsp3) is 0.571. The molecule has 0 aromatic heterocycles. The Kier molecular flexibility index (Phi) is 3.27. The van der Waals surface area contributed by atoms with Gasteiger partial charge in [-0.05, 0) is 36.8 Å². The van der Waals surface area contributed by atoms with Crippen LogP contribution in [0.5, 0.6) is 5.75 Å². The number of rotatable bonds is 2. The van der Waals surface area contributed by atoms with Crippen molar-refractivity contribution in [2.45, 2.75) is 45.6 Å². The van der Waals surface area contributed by atoms with Gasteiger partial charge in [0.25, 0.3) is 0 Å². The van der Waals surface area contributed by atoms with Crippen LogP contribution in [0.3, 0.4) is 0 Å². The maximum absolute atomic E-state index is 13.2. The number of aromatic hydroxyl groups is 1. The van der Waals surface area contributed by atoms with Crippen LogP contribution in [0, 0.1) is 11.2 Å². The van der Waals surface area contributed by atoms with Crippen LogP contribution in [-0.4, -0.2) is 11.1 Å². The quantitative estimate of drug-likeness (QED) is 0.764. The van der Waals surface area contributed by atoms with Gasteiger partial charge in [-0.3, -0.25) is 0 Å². The molecule has 1 unspecified atom stereocenters. The van der Waals surface area contributed by atoms with Crippen molar-refractivity contribution in [2.24, 2.45) is 5.41 Å². The average Bonchev–Trinajstić information content (AvgIpc) is 2.22. The number of halogens is 1. The maximum Gasteiger partial charge on any atom is 0.166 e. The van der Waals surface area contributed by atoms with E-state index >= 15 is 0 Å². The van der Waals surface area contributed by atoms with Gasteiger partial charge in [-0.25, -0.2) is 4.39 Å². The van der Waals surface area contributed by atoms with Gasteiger partial charge in [-0.15, -0.1) is 0 Å². The summed E-state index contributed by atoms with van der Waals surface area (Å²) in [6.45, 7) is 4.55. The van der Waals surface area contributed by atoms with Gasteiger partial charge in [0.05, 0.1) is 0 Å². The van der Waals surface area contributed by atoms with Crippen LogP contribution in [0.2, 0.25) is 0 Å². The van der Waals surface area contributed by atoms with Crippen LogP contribution in [-0.2, 0) is 0 Å². The Morgan fingerprint density at radius 3 is 2.82 bits per heavy atom. The molecule has 0 heterocycles. The van der Waals surface area contributed by atoms with Crippen LogP contribution in [0.4, 0.5) is 10.1 Å². The maximum atomic E-state index is 13.2. The number of phenols is 1. The molecular weight excluding hydrogens is 217 g/mol. The minimum Gasteiger partial charge on any atom is -0.505 e. The second kappa shape index (κ2) is 4.55. The van der Waals surface area contributed by atoms with E-state index in [-0.39, 0.29) is 5.75 Å². The largest absolute Gasteiger partial charge is 0.505 e. The third kappa shape index (κ3) is 3.11. The number of hydrogen-bond donors (Lipinski definition) is 2. The summed E-state index contributed by atoms with van der Waals surface area (Å²) in [5, 5.41) is 12.5. The smallest absolute Gasteiger partial charge is 0.166 e. The molecule has 0 saturated heterocycles. The molecule has 3 heteroatoms. The molecule has 2 nitrogen and oxygen atoms in total. The van der Waals surface area contributed by atoms with Crippen molar-refractivity contribution in [3.05, 3.63) is 24.0 Å². The average molecular weight is 237 g/mol. The molecule has 1 aromatic carbocycles. The Balaban J connectivity index is 2.03. The number of nitrogens with one attached hydrogen (secondary N) is 1. The first-order chi connectivity index (χ1) is 7.96. The Bertz CT molecular complexity index is 403. The zero-order chi connectivity index (χ0) is 12.5. The molecule has 1 aliphatic carbocycles. The second-order valence-corrected chi connectivity index (χ2v) is 5.77. The van der Waals surface area contributed by atoms with Gasteiger partial charge in [0.2, 0.25) is 0 Å². The lowest BCUT2D eigenvalue weighted by Gasteiger charge is -2.36. The van der Waals surface area contributed by atoms with E-state index in [1.807, 2.05) is 0 Å². The van der Waals surface area contributed by atoms with E-state index < -0.39 is 5.82 Å². The molecule has 1 aromatic rings. The summed E-state index contributed by atoms with van der Waals surface area (Å²) in [6, 6.07) is 4.88. The molecule has 17 heavy (non-hydrogen) atoms. The van der Waals surface area contributed by atoms with Crippen molar-refractivity contribution >= 4 is 5.69 Å². The third-order valence-electron chi connectivity index (χ3n) is 3.52. The van der Waals surface area contributed by atoms with Gasteiger partial charge in [-0.2, -0.15) is 0 Å². The van der Waals surface area contributed by atoms with E-state index in [4.69, 9.17) is 5.11 Å². The highest BCUT2D eigenvalue weighted by Crippen LogP contribution is 2.36. The summed E-state index contributed by atoms with van der Waals surface area (Å²) in [5.74, 6) is -0.857. The Morgan fingerprint density at radius 1 is 1.41 bits per heavy atom. The van der Waals surface area contributed by atoms with E-state index in [2.05, 4.69) is 19.2 Å². The van der Waals surface area contributed by atoms with Crippen molar-refractivity contribution in [3.63, 3.8) is 0 Å². The minimum absolute atomic E-state index is 0.292. The number of hydrogen-bond acceptors (Lipinski definition) is 2. The topological polar surface area (TPSA) is 32.3 Å². The summed E-state index contributed by atoms with van der Waals surface area (Å²) >= 11 is 0. The lowest BCUT2D eigenvalue weighted by Crippen LogP contribution is -2.31. The van der Waals surface area contributed by atoms with E-state index in [1.54, 1.807) is 6.07 Å². The van der Waals surface area contributed by atoms with Gasteiger partial charge < -0.3 is 10.4 Å². The van der Waals surface area contributed by atoms with Gasteiger partial charge in [0.15, 0.2) is 11.6 Å². The Labute approximate surface area is 102 Å². The predicted octanol–water partition coefficient (Wildman–Crippen LogP) is 3.91. The van der Waals surface area contributed by atoms with Crippen LogP contribution < -0.4 is 5.32 Å². The summed E-state index contributed by atoms with van der Waals surface area (Å²) < 4.78 is 13.2. The van der Waals surface area contributed by atoms with E-state index in [0.717, 1.165) is 18.5 Å². The third-order valence-corrected chi connectivity index (χ3v) is 3.52. The zero-order valence-electron chi connectivity index (χ0n) is 10.5. The van der Waals surface area contributed by atoms with E-state index in [1.165, 1.54) is 25.0 Å². The number of anilines is 1. The minimum atomic E-state index is -0.565. The molecule has 1 aliphatic rings. The molecule has 0 bridgehead atoms. The zero-order valence-corrected chi connectivity index (χ0v) is 10.5. The molecular formula is C14H20FNO. The molecule has 94 valence electrons. The highest BCUT2D eigenvalue weighted by molar-refractivity contribution is 5.47. The fourth-order valence-corrected chi connectivity index (χ4v) is 2.65. The molecule has 0 amide bonds. The normalized spacial score (nSPS) is 23.4. The molecule has 0 aliphatic heterocycles. The molecule has 1 fully saturated rings. The SMILES string of the molecule is CC1(C)CCCC(Nc2ccc(O)c(F)c2)C1. The Hall–Kier alpha value is -1.25. The molecule has 2 N–H and O–H groups in total.